The zero-order chi connectivity index (χ0) is 30.3. The average molecular weight is 608 g/mol. The molecular weight excluding hydrogens is 585 g/mol. The minimum Gasteiger partial charge on any atom is -0.429 e. The molecule has 4 rings (SSSR count). The van der Waals surface area contributed by atoms with Crippen LogP contribution in [0.2, 0.25) is 0 Å². The summed E-state index contributed by atoms with van der Waals surface area (Å²) in [7, 11) is 0. The number of hydrogen-bond acceptors (Lipinski definition) is 4. The molecule has 0 amide bonds. The SMILES string of the molecule is CC1CCC(C2COC(c3cc(F)c(C(F)(F)Oc4cc(F)c(OC(F)(F)C(F)(F)F)c(F)c4)c(F)c3)OC2)CC1. The van der Waals surface area contributed by atoms with Gasteiger partial charge in [0.25, 0.3) is 0 Å². The van der Waals surface area contributed by atoms with E-state index in [0.29, 0.717) is 24.0 Å². The van der Waals surface area contributed by atoms with Crippen LogP contribution in [0.3, 0.4) is 0 Å². The molecule has 2 aromatic carbocycles. The number of benzene rings is 2. The van der Waals surface area contributed by atoms with Crippen molar-refractivity contribution in [1.29, 1.82) is 0 Å². The van der Waals surface area contributed by atoms with Gasteiger partial charge in [0.2, 0.25) is 0 Å². The molecule has 41 heavy (non-hydrogen) atoms. The Kier molecular flexibility index (Phi) is 8.70. The molecule has 0 unspecified atom stereocenters. The molecule has 1 saturated carbocycles. The van der Waals surface area contributed by atoms with Crippen LogP contribution in [0.25, 0.3) is 0 Å². The summed E-state index contributed by atoms with van der Waals surface area (Å²) in [5.74, 6) is -11.0. The molecule has 1 aliphatic carbocycles. The zero-order valence-corrected chi connectivity index (χ0v) is 21.2. The molecule has 0 aromatic heterocycles. The first kappa shape index (κ1) is 31.1. The summed E-state index contributed by atoms with van der Waals surface area (Å²) in [5, 5.41) is 0. The first-order valence-corrected chi connectivity index (χ1v) is 12.4. The van der Waals surface area contributed by atoms with Crippen molar-refractivity contribution in [1.82, 2.24) is 0 Å². The van der Waals surface area contributed by atoms with E-state index < -0.39 is 65.0 Å². The Hall–Kier alpha value is -2.81. The molecule has 0 bridgehead atoms. The van der Waals surface area contributed by atoms with E-state index in [0.717, 1.165) is 25.7 Å². The van der Waals surface area contributed by atoms with Crippen molar-refractivity contribution < 1.29 is 67.2 Å². The highest BCUT2D eigenvalue weighted by Crippen LogP contribution is 2.42. The van der Waals surface area contributed by atoms with Crippen LogP contribution in [0.5, 0.6) is 11.5 Å². The predicted molar refractivity (Wildman–Crippen MR) is 118 cm³/mol. The normalized spacial score (nSPS) is 24.3. The summed E-state index contributed by atoms with van der Waals surface area (Å²) in [4.78, 5) is 0. The molecule has 1 saturated heterocycles. The Morgan fingerprint density at radius 3 is 1.68 bits per heavy atom. The van der Waals surface area contributed by atoms with Crippen molar-refractivity contribution in [3.8, 4) is 11.5 Å². The van der Waals surface area contributed by atoms with Crippen LogP contribution in [-0.4, -0.2) is 25.5 Å². The third-order valence-corrected chi connectivity index (χ3v) is 7.06. The largest absolute Gasteiger partial charge is 0.499 e. The summed E-state index contributed by atoms with van der Waals surface area (Å²) >= 11 is 0. The van der Waals surface area contributed by atoms with Crippen molar-refractivity contribution in [2.75, 3.05) is 13.2 Å². The monoisotopic (exact) mass is 608 g/mol. The minimum absolute atomic E-state index is 0.0581. The van der Waals surface area contributed by atoms with Crippen LogP contribution in [0.4, 0.5) is 48.3 Å². The molecule has 2 aromatic rings. The van der Waals surface area contributed by atoms with E-state index in [1.807, 2.05) is 0 Å². The fourth-order valence-electron chi connectivity index (χ4n) is 4.83. The molecule has 0 spiro atoms. The standard InChI is InChI=1S/C26H23F11O4/c1-12-2-4-13(5-3-12)15-10-38-23(39-11-15)14-6-17(27)21(18(28)7-14)24(31,32)40-16-8-19(29)22(20(30)9-16)41-26(36,37)25(33,34)35/h6-9,12-13,15,23H,2-5,10-11H2,1H3. The Morgan fingerprint density at radius 2 is 1.20 bits per heavy atom. The van der Waals surface area contributed by atoms with E-state index in [-0.39, 0.29) is 36.8 Å². The zero-order valence-electron chi connectivity index (χ0n) is 21.2. The van der Waals surface area contributed by atoms with Crippen LogP contribution in [-0.2, 0) is 15.6 Å². The first-order valence-electron chi connectivity index (χ1n) is 12.4. The van der Waals surface area contributed by atoms with Gasteiger partial charge >= 0.3 is 18.4 Å². The fourth-order valence-corrected chi connectivity index (χ4v) is 4.83. The number of ether oxygens (including phenoxy) is 4. The lowest BCUT2D eigenvalue weighted by atomic mass is 9.76. The van der Waals surface area contributed by atoms with Crippen LogP contribution < -0.4 is 9.47 Å². The smallest absolute Gasteiger partial charge is 0.429 e. The molecule has 1 heterocycles. The highest BCUT2D eigenvalue weighted by atomic mass is 19.4. The second-order valence-corrected chi connectivity index (χ2v) is 10.1. The first-order chi connectivity index (χ1) is 19.0. The summed E-state index contributed by atoms with van der Waals surface area (Å²) in [5.41, 5.74) is -2.24. The Morgan fingerprint density at radius 1 is 0.683 bits per heavy atom. The summed E-state index contributed by atoms with van der Waals surface area (Å²) < 4.78 is 168. The minimum atomic E-state index is -6.36. The molecule has 15 heteroatoms. The molecule has 2 fully saturated rings. The maximum absolute atomic E-state index is 14.7. The molecule has 4 nitrogen and oxygen atoms in total. The van der Waals surface area contributed by atoms with Gasteiger partial charge < -0.3 is 18.9 Å². The molecule has 0 atom stereocenters. The maximum Gasteiger partial charge on any atom is 0.499 e. The maximum atomic E-state index is 14.7. The van der Waals surface area contributed by atoms with Gasteiger partial charge in [-0.3, -0.25) is 0 Å². The van der Waals surface area contributed by atoms with Crippen LogP contribution >= 0.6 is 0 Å². The number of halogens is 11. The average Bonchev–Trinajstić information content (AvgIpc) is 2.85. The van der Waals surface area contributed by atoms with Crippen LogP contribution in [0.15, 0.2) is 24.3 Å². The number of hydrogen-bond donors (Lipinski definition) is 0. The van der Waals surface area contributed by atoms with Gasteiger partial charge in [-0.1, -0.05) is 19.8 Å². The third kappa shape index (κ3) is 6.82. The van der Waals surface area contributed by atoms with Gasteiger partial charge in [0.1, 0.15) is 22.9 Å². The summed E-state index contributed by atoms with van der Waals surface area (Å²) in [6.07, 6.45) is -14.5. The van der Waals surface area contributed by atoms with Gasteiger partial charge in [-0.2, -0.15) is 30.7 Å². The van der Waals surface area contributed by atoms with Crippen molar-refractivity contribution in [3.63, 3.8) is 0 Å². The molecule has 228 valence electrons. The lowest BCUT2D eigenvalue weighted by Gasteiger charge is -2.37. The summed E-state index contributed by atoms with van der Waals surface area (Å²) in [6, 6.07) is 0.548. The van der Waals surface area contributed by atoms with E-state index in [1.165, 1.54) is 0 Å². The van der Waals surface area contributed by atoms with Crippen LogP contribution in [0, 0.1) is 41.0 Å². The van der Waals surface area contributed by atoms with Crippen molar-refractivity contribution in [2.24, 2.45) is 17.8 Å². The molecule has 1 aliphatic heterocycles. The van der Waals surface area contributed by atoms with Gasteiger partial charge in [0.05, 0.1) is 13.2 Å². The Bertz CT molecular complexity index is 1190. The van der Waals surface area contributed by atoms with Crippen LogP contribution in [0.1, 0.15) is 50.0 Å². The van der Waals surface area contributed by atoms with E-state index in [1.54, 1.807) is 0 Å². The highest BCUT2D eigenvalue weighted by molar-refractivity contribution is 5.37. The number of alkyl halides is 7. The lowest BCUT2D eigenvalue weighted by Crippen LogP contribution is -2.42. The van der Waals surface area contributed by atoms with E-state index >= 15 is 0 Å². The van der Waals surface area contributed by atoms with E-state index in [9.17, 15) is 48.3 Å². The molecule has 0 radical (unpaired) electrons. The van der Waals surface area contributed by atoms with Crippen molar-refractivity contribution in [3.05, 3.63) is 58.7 Å². The van der Waals surface area contributed by atoms with Crippen molar-refractivity contribution in [2.45, 2.75) is 57.3 Å². The van der Waals surface area contributed by atoms with Crippen molar-refractivity contribution >= 4 is 0 Å². The second-order valence-electron chi connectivity index (χ2n) is 10.1. The molecule has 0 N–H and O–H groups in total. The third-order valence-electron chi connectivity index (χ3n) is 7.06. The number of rotatable bonds is 7. The summed E-state index contributed by atoms with van der Waals surface area (Å²) in [6.45, 7) is 2.61. The van der Waals surface area contributed by atoms with Gasteiger partial charge in [-0.25, -0.2) is 17.6 Å². The highest BCUT2D eigenvalue weighted by Gasteiger charge is 2.61. The molecular formula is C26H23F11O4. The quantitative estimate of drug-likeness (QED) is 0.296. The van der Waals surface area contributed by atoms with E-state index in [4.69, 9.17) is 9.47 Å². The topological polar surface area (TPSA) is 36.9 Å². The van der Waals surface area contributed by atoms with Gasteiger partial charge in [0.15, 0.2) is 23.7 Å². The molecule has 2 aliphatic rings. The van der Waals surface area contributed by atoms with Gasteiger partial charge in [0, 0.05) is 23.6 Å². The van der Waals surface area contributed by atoms with Gasteiger partial charge in [-0.15, -0.1) is 0 Å². The fraction of sp³-hybridized carbons (Fsp3) is 0.538. The lowest BCUT2D eigenvalue weighted by molar-refractivity contribution is -0.361. The predicted octanol–water partition coefficient (Wildman–Crippen LogP) is 8.39. The van der Waals surface area contributed by atoms with E-state index in [2.05, 4.69) is 16.4 Å². The Balaban J connectivity index is 1.47. The van der Waals surface area contributed by atoms with Gasteiger partial charge in [-0.05, 0) is 36.8 Å². The Labute approximate surface area is 226 Å². The second kappa shape index (κ2) is 11.5.